The Balaban J connectivity index is 1.26. The minimum Gasteiger partial charge on any atom is -0.487 e. The summed E-state index contributed by atoms with van der Waals surface area (Å²) >= 11 is 0. The van der Waals surface area contributed by atoms with Crippen LogP contribution < -0.4 is 4.74 Å². The first-order chi connectivity index (χ1) is 16.1. The maximum Gasteiger partial charge on any atom is 0.127 e. The summed E-state index contributed by atoms with van der Waals surface area (Å²) < 4.78 is 13.0. The van der Waals surface area contributed by atoms with Gasteiger partial charge in [0.25, 0.3) is 0 Å². The minimum atomic E-state index is 0.229. The third-order valence-electron chi connectivity index (χ3n) is 11.7. The van der Waals surface area contributed by atoms with Crippen molar-refractivity contribution in [1.82, 2.24) is 0 Å². The van der Waals surface area contributed by atoms with E-state index in [4.69, 9.17) is 9.47 Å². The van der Waals surface area contributed by atoms with Gasteiger partial charge in [0.15, 0.2) is 0 Å². The standard InChI is InChI=1S/C31H42O2/c1-2-27(28-18-32-28)33-29-25(30-12-19-6-20(13-30)8-21(7-19)14-30)4-3-5-26(29)31-15-22-9-23(16-31)11-24(10-22)17-31/h3-5,19-24,27-28H,2,6-18H2,1H3. The van der Waals surface area contributed by atoms with Crippen molar-refractivity contribution in [2.75, 3.05) is 6.61 Å². The molecule has 1 heterocycles. The van der Waals surface area contributed by atoms with Crippen molar-refractivity contribution in [3.05, 3.63) is 29.3 Å². The molecule has 0 aromatic heterocycles. The number of ether oxygens (including phenoxy) is 2. The molecule has 2 atom stereocenters. The molecule has 2 nitrogen and oxygen atoms in total. The van der Waals surface area contributed by atoms with Gasteiger partial charge < -0.3 is 9.47 Å². The second-order valence-corrected chi connectivity index (χ2v) is 14.0. The summed E-state index contributed by atoms with van der Waals surface area (Å²) in [5.74, 6) is 7.20. The third kappa shape index (κ3) is 3.08. The van der Waals surface area contributed by atoms with Gasteiger partial charge in [-0.3, -0.25) is 0 Å². The lowest BCUT2D eigenvalue weighted by Gasteiger charge is -2.59. The van der Waals surface area contributed by atoms with E-state index in [0.717, 1.165) is 48.5 Å². The van der Waals surface area contributed by atoms with E-state index in [0.29, 0.717) is 16.9 Å². The topological polar surface area (TPSA) is 21.8 Å². The van der Waals surface area contributed by atoms with Crippen LogP contribution in [0.2, 0.25) is 0 Å². The summed E-state index contributed by atoms with van der Waals surface area (Å²) in [6.45, 7) is 3.19. The molecule has 178 valence electrons. The lowest BCUT2D eigenvalue weighted by molar-refractivity contribution is -0.0122. The van der Waals surface area contributed by atoms with Crippen LogP contribution in [0.25, 0.3) is 0 Å². The van der Waals surface area contributed by atoms with Crippen molar-refractivity contribution in [3.8, 4) is 5.75 Å². The molecule has 8 aliphatic carbocycles. The van der Waals surface area contributed by atoms with Gasteiger partial charge >= 0.3 is 0 Å². The molecule has 0 amide bonds. The molecule has 10 rings (SSSR count). The highest BCUT2D eigenvalue weighted by atomic mass is 16.6. The molecule has 1 saturated heterocycles. The zero-order valence-corrected chi connectivity index (χ0v) is 20.6. The monoisotopic (exact) mass is 446 g/mol. The number of epoxide rings is 1. The van der Waals surface area contributed by atoms with Gasteiger partial charge in [0.2, 0.25) is 0 Å². The van der Waals surface area contributed by atoms with Gasteiger partial charge in [-0.2, -0.15) is 0 Å². The second kappa shape index (κ2) is 7.02. The summed E-state index contributed by atoms with van der Waals surface area (Å²) in [4.78, 5) is 0. The van der Waals surface area contributed by atoms with Gasteiger partial charge in [-0.25, -0.2) is 0 Å². The van der Waals surface area contributed by atoms with Crippen LogP contribution in [0.3, 0.4) is 0 Å². The van der Waals surface area contributed by atoms with E-state index in [-0.39, 0.29) is 6.10 Å². The maximum absolute atomic E-state index is 7.20. The Morgan fingerprint density at radius 2 is 1.15 bits per heavy atom. The second-order valence-electron chi connectivity index (χ2n) is 14.0. The predicted octanol–water partition coefficient (Wildman–Crippen LogP) is 7.18. The highest BCUT2D eigenvalue weighted by molar-refractivity contribution is 5.51. The molecule has 1 aliphatic heterocycles. The molecule has 0 radical (unpaired) electrons. The predicted molar refractivity (Wildman–Crippen MR) is 131 cm³/mol. The molecule has 0 N–H and O–H groups in total. The van der Waals surface area contributed by atoms with E-state index >= 15 is 0 Å². The Bertz CT molecular complexity index is 809. The first-order valence-corrected chi connectivity index (χ1v) is 14.5. The molecular formula is C31H42O2. The van der Waals surface area contributed by atoms with E-state index in [9.17, 15) is 0 Å². The summed E-state index contributed by atoms with van der Waals surface area (Å²) in [6.07, 6.45) is 19.2. The van der Waals surface area contributed by atoms with Crippen LogP contribution in [0.5, 0.6) is 5.75 Å². The Hall–Kier alpha value is -1.02. The maximum atomic E-state index is 7.20. The zero-order chi connectivity index (χ0) is 21.8. The molecule has 33 heavy (non-hydrogen) atoms. The summed E-state index contributed by atoms with van der Waals surface area (Å²) in [5.41, 5.74) is 4.05. The van der Waals surface area contributed by atoms with E-state index in [1.807, 2.05) is 0 Å². The molecule has 8 saturated carbocycles. The molecule has 2 heteroatoms. The highest BCUT2D eigenvalue weighted by Crippen LogP contribution is 2.65. The van der Waals surface area contributed by atoms with Gasteiger partial charge in [0, 0.05) is 11.1 Å². The van der Waals surface area contributed by atoms with E-state index in [1.54, 1.807) is 11.1 Å². The fourth-order valence-corrected chi connectivity index (χ4v) is 11.2. The average Bonchev–Trinajstić information content (AvgIpc) is 3.61. The summed E-state index contributed by atoms with van der Waals surface area (Å²) in [5, 5.41) is 0. The normalized spacial score (nSPS) is 49.4. The van der Waals surface area contributed by atoms with Crippen LogP contribution in [0.4, 0.5) is 0 Å². The van der Waals surface area contributed by atoms with Crippen LogP contribution in [0, 0.1) is 35.5 Å². The quantitative estimate of drug-likeness (QED) is 0.432. The van der Waals surface area contributed by atoms with E-state index in [2.05, 4.69) is 25.1 Å². The summed E-state index contributed by atoms with van der Waals surface area (Å²) in [7, 11) is 0. The Morgan fingerprint density at radius 1 is 0.758 bits per heavy atom. The SMILES string of the molecule is CCC(Oc1c(C23CC4CC(CC(C4)C2)C3)cccc1C12CC3CC(CC(C3)C1)C2)C1CO1. The minimum absolute atomic E-state index is 0.229. The Kier molecular flexibility index (Phi) is 4.30. The molecule has 1 aromatic rings. The van der Waals surface area contributed by atoms with Crippen molar-refractivity contribution in [2.45, 2.75) is 113 Å². The fraction of sp³-hybridized carbons (Fsp3) is 0.806. The van der Waals surface area contributed by atoms with Crippen LogP contribution in [0.1, 0.15) is 102 Å². The van der Waals surface area contributed by atoms with Gasteiger partial charge in [-0.1, -0.05) is 25.1 Å². The smallest absolute Gasteiger partial charge is 0.127 e. The first-order valence-electron chi connectivity index (χ1n) is 14.5. The van der Waals surface area contributed by atoms with Crippen molar-refractivity contribution >= 4 is 0 Å². The van der Waals surface area contributed by atoms with E-state index in [1.165, 1.54) is 82.8 Å². The number of benzene rings is 1. The molecule has 0 spiro atoms. The largest absolute Gasteiger partial charge is 0.487 e. The van der Waals surface area contributed by atoms with Crippen LogP contribution >= 0.6 is 0 Å². The van der Waals surface area contributed by atoms with Crippen LogP contribution in [-0.4, -0.2) is 18.8 Å². The number of rotatable bonds is 6. The Morgan fingerprint density at radius 3 is 1.48 bits per heavy atom. The fourth-order valence-electron chi connectivity index (χ4n) is 11.2. The molecule has 9 fully saturated rings. The summed E-state index contributed by atoms with van der Waals surface area (Å²) in [6, 6.07) is 7.49. The van der Waals surface area contributed by atoms with Crippen LogP contribution in [0.15, 0.2) is 18.2 Å². The zero-order valence-electron chi connectivity index (χ0n) is 20.6. The lowest BCUT2D eigenvalue weighted by atomic mass is 9.46. The van der Waals surface area contributed by atoms with E-state index < -0.39 is 0 Å². The molecule has 1 aromatic carbocycles. The Labute approximate surface area is 200 Å². The molecular weight excluding hydrogens is 404 g/mol. The van der Waals surface area contributed by atoms with Crippen molar-refractivity contribution < 1.29 is 9.47 Å². The van der Waals surface area contributed by atoms with Gasteiger partial charge in [0.1, 0.15) is 18.0 Å². The molecule has 9 aliphatic rings. The molecule has 8 bridgehead atoms. The average molecular weight is 447 g/mol. The van der Waals surface area contributed by atoms with Crippen LogP contribution in [-0.2, 0) is 15.6 Å². The number of hydrogen-bond acceptors (Lipinski definition) is 2. The third-order valence-corrected chi connectivity index (χ3v) is 11.7. The molecule has 2 unspecified atom stereocenters. The lowest BCUT2D eigenvalue weighted by Crippen LogP contribution is -2.50. The van der Waals surface area contributed by atoms with Crippen molar-refractivity contribution in [3.63, 3.8) is 0 Å². The van der Waals surface area contributed by atoms with Gasteiger partial charge in [-0.15, -0.1) is 0 Å². The van der Waals surface area contributed by atoms with Crippen molar-refractivity contribution in [2.24, 2.45) is 35.5 Å². The van der Waals surface area contributed by atoms with Gasteiger partial charge in [0.05, 0.1) is 6.61 Å². The first kappa shape index (κ1) is 20.2. The van der Waals surface area contributed by atoms with Gasteiger partial charge in [-0.05, 0) is 130 Å². The highest BCUT2D eigenvalue weighted by Gasteiger charge is 2.56. The number of para-hydroxylation sites is 1. The van der Waals surface area contributed by atoms with Crippen molar-refractivity contribution in [1.29, 1.82) is 0 Å². The number of hydrogen-bond donors (Lipinski definition) is 0.